The first-order valence-electron chi connectivity index (χ1n) is 7.24. The van der Waals surface area contributed by atoms with Crippen molar-refractivity contribution in [3.05, 3.63) is 54.1 Å². The van der Waals surface area contributed by atoms with Gasteiger partial charge < -0.3 is 5.32 Å². The molecule has 2 aromatic carbocycles. The number of halogens is 3. The molecule has 10 heteroatoms. The van der Waals surface area contributed by atoms with Crippen LogP contribution < -0.4 is 10.5 Å². The second-order valence-electron chi connectivity index (χ2n) is 5.34. The van der Waals surface area contributed by atoms with Crippen LogP contribution in [0, 0.1) is 0 Å². The molecule has 0 spiro atoms. The normalized spacial score (nSPS) is 13.3. The highest BCUT2D eigenvalue weighted by Gasteiger charge is 2.30. The predicted octanol–water partition coefficient (Wildman–Crippen LogP) is 3.47. The Hall–Kier alpha value is -2.04. The summed E-state index contributed by atoms with van der Waals surface area (Å²) in [5, 5.41) is 6.88. The van der Waals surface area contributed by atoms with E-state index in [9.17, 15) is 26.4 Å². The molecule has 3 N–H and O–H groups in total. The first-order valence-corrected chi connectivity index (χ1v) is 9.67. The van der Waals surface area contributed by atoms with Gasteiger partial charge in [-0.25, -0.2) is 13.6 Å². The van der Waals surface area contributed by atoms with Crippen molar-refractivity contribution in [3.63, 3.8) is 0 Å². The average Bonchev–Trinajstić information content (AvgIpc) is 2.54. The SMILES string of the molecule is CC(Sc1cccc(C(F)(F)F)c1)C(=O)Nc1ccc(S(N)(=O)=O)cc1. The molecule has 0 aliphatic carbocycles. The maximum absolute atomic E-state index is 12.7. The maximum Gasteiger partial charge on any atom is 0.416 e. The predicted molar refractivity (Wildman–Crippen MR) is 93.2 cm³/mol. The van der Waals surface area contributed by atoms with Gasteiger partial charge in [0.05, 0.1) is 15.7 Å². The van der Waals surface area contributed by atoms with Crippen LogP contribution in [-0.2, 0) is 21.0 Å². The van der Waals surface area contributed by atoms with Crippen LogP contribution in [0.15, 0.2) is 58.3 Å². The van der Waals surface area contributed by atoms with Crippen LogP contribution in [0.5, 0.6) is 0 Å². The summed E-state index contributed by atoms with van der Waals surface area (Å²) in [6.45, 7) is 1.55. The number of amides is 1. The summed E-state index contributed by atoms with van der Waals surface area (Å²) in [6.07, 6.45) is -4.45. The number of hydrogen-bond donors (Lipinski definition) is 2. The zero-order chi connectivity index (χ0) is 19.5. The Labute approximate surface area is 152 Å². The molecule has 0 saturated heterocycles. The lowest BCUT2D eigenvalue weighted by Crippen LogP contribution is -2.22. The first-order chi connectivity index (χ1) is 12.0. The van der Waals surface area contributed by atoms with Crippen molar-refractivity contribution in [2.75, 3.05) is 5.32 Å². The standard InChI is InChI=1S/C16H15F3N2O3S2/c1-10(25-13-4-2-3-11(9-13)16(17,18)19)15(22)21-12-5-7-14(8-6-12)26(20,23)24/h2-10H,1H3,(H,21,22)(H2,20,23,24). The third kappa shape index (κ3) is 5.48. The molecule has 1 amide bonds. The number of nitrogens with two attached hydrogens (primary N) is 1. The van der Waals surface area contributed by atoms with E-state index in [2.05, 4.69) is 5.32 Å². The fourth-order valence-electron chi connectivity index (χ4n) is 1.98. The monoisotopic (exact) mass is 404 g/mol. The molecule has 0 saturated carbocycles. The number of rotatable bonds is 5. The summed E-state index contributed by atoms with van der Waals surface area (Å²) in [5.74, 6) is -0.434. The topological polar surface area (TPSA) is 89.3 Å². The molecule has 140 valence electrons. The zero-order valence-electron chi connectivity index (χ0n) is 13.4. The summed E-state index contributed by atoms with van der Waals surface area (Å²) >= 11 is 0.981. The highest BCUT2D eigenvalue weighted by atomic mass is 32.2. The Bertz CT molecular complexity index is 898. The molecular weight excluding hydrogens is 389 g/mol. The minimum atomic E-state index is -4.45. The van der Waals surface area contributed by atoms with Crippen LogP contribution in [0.1, 0.15) is 12.5 Å². The number of primary sulfonamides is 1. The van der Waals surface area contributed by atoms with Gasteiger partial charge in [-0.1, -0.05) is 6.07 Å². The number of sulfonamides is 1. The van der Waals surface area contributed by atoms with Crippen LogP contribution in [0.25, 0.3) is 0 Å². The van der Waals surface area contributed by atoms with Crippen molar-refractivity contribution in [3.8, 4) is 0 Å². The van der Waals surface area contributed by atoms with E-state index in [4.69, 9.17) is 5.14 Å². The van der Waals surface area contributed by atoms with E-state index in [-0.39, 0.29) is 4.90 Å². The quantitative estimate of drug-likeness (QED) is 0.747. The number of thioether (sulfide) groups is 1. The molecule has 0 aliphatic rings. The van der Waals surface area contributed by atoms with Gasteiger partial charge in [-0.2, -0.15) is 13.2 Å². The van der Waals surface area contributed by atoms with Crippen LogP contribution >= 0.6 is 11.8 Å². The third-order valence-corrected chi connectivity index (χ3v) is 5.32. The van der Waals surface area contributed by atoms with Crippen LogP contribution in [0.2, 0.25) is 0 Å². The lowest BCUT2D eigenvalue weighted by molar-refractivity contribution is -0.137. The second-order valence-corrected chi connectivity index (χ2v) is 8.32. The molecule has 1 unspecified atom stereocenters. The summed E-state index contributed by atoms with van der Waals surface area (Å²) in [6, 6.07) is 9.95. The van der Waals surface area contributed by atoms with Crippen molar-refractivity contribution in [2.24, 2.45) is 5.14 Å². The second kappa shape index (κ2) is 7.68. The average molecular weight is 404 g/mol. The number of alkyl halides is 3. The number of anilines is 1. The molecule has 2 aromatic rings. The largest absolute Gasteiger partial charge is 0.416 e. The third-order valence-electron chi connectivity index (χ3n) is 3.29. The highest BCUT2D eigenvalue weighted by molar-refractivity contribution is 8.00. The maximum atomic E-state index is 12.7. The first kappa shape index (κ1) is 20.3. The number of benzene rings is 2. The van der Waals surface area contributed by atoms with Gasteiger partial charge in [-0.3, -0.25) is 4.79 Å². The lowest BCUT2D eigenvalue weighted by Gasteiger charge is -2.13. The summed E-state index contributed by atoms with van der Waals surface area (Å²) in [7, 11) is -3.83. The Morgan fingerprint density at radius 3 is 2.31 bits per heavy atom. The number of carbonyl (C=O) groups excluding carboxylic acids is 1. The van der Waals surface area contributed by atoms with Crippen molar-refractivity contribution in [1.29, 1.82) is 0 Å². The Morgan fingerprint density at radius 2 is 1.77 bits per heavy atom. The van der Waals surface area contributed by atoms with Gasteiger partial charge in [0.25, 0.3) is 0 Å². The Morgan fingerprint density at radius 1 is 1.15 bits per heavy atom. The van der Waals surface area contributed by atoms with E-state index in [1.165, 1.54) is 36.4 Å². The molecular formula is C16H15F3N2O3S2. The molecule has 0 aromatic heterocycles. The molecule has 5 nitrogen and oxygen atoms in total. The minimum Gasteiger partial charge on any atom is -0.325 e. The molecule has 0 fully saturated rings. The Kier molecular flexibility index (Phi) is 5.99. The van der Waals surface area contributed by atoms with Crippen molar-refractivity contribution >= 4 is 33.4 Å². The molecule has 26 heavy (non-hydrogen) atoms. The fourth-order valence-corrected chi connectivity index (χ4v) is 3.42. The summed E-state index contributed by atoms with van der Waals surface area (Å²) in [5.41, 5.74) is -0.437. The molecule has 1 atom stereocenters. The lowest BCUT2D eigenvalue weighted by atomic mass is 10.2. The van der Waals surface area contributed by atoms with E-state index in [0.717, 1.165) is 23.9 Å². The Balaban J connectivity index is 2.04. The van der Waals surface area contributed by atoms with Crippen molar-refractivity contribution < 1.29 is 26.4 Å². The van der Waals surface area contributed by atoms with Gasteiger partial charge in [-0.05, 0) is 49.4 Å². The molecule has 2 rings (SSSR count). The van der Waals surface area contributed by atoms with E-state index in [1.54, 1.807) is 6.92 Å². The van der Waals surface area contributed by atoms with E-state index >= 15 is 0 Å². The van der Waals surface area contributed by atoms with E-state index in [1.807, 2.05) is 0 Å². The number of carbonyl (C=O) groups is 1. The van der Waals surface area contributed by atoms with Crippen LogP contribution in [0.3, 0.4) is 0 Å². The fraction of sp³-hybridized carbons (Fsp3) is 0.188. The summed E-state index contributed by atoms with van der Waals surface area (Å²) < 4.78 is 60.5. The minimum absolute atomic E-state index is 0.0955. The summed E-state index contributed by atoms with van der Waals surface area (Å²) in [4.78, 5) is 12.4. The van der Waals surface area contributed by atoms with Gasteiger partial charge in [0.15, 0.2) is 0 Å². The van der Waals surface area contributed by atoms with Gasteiger partial charge in [-0.15, -0.1) is 11.8 Å². The number of hydrogen-bond acceptors (Lipinski definition) is 4. The van der Waals surface area contributed by atoms with Gasteiger partial charge >= 0.3 is 6.18 Å². The van der Waals surface area contributed by atoms with Crippen molar-refractivity contribution in [1.82, 2.24) is 0 Å². The van der Waals surface area contributed by atoms with Gasteiger partial charge in [0, 0.05) is 10.6 Å². The number of nitrogens with one attached hydrogen (secondary N) is 1. The molecule has 0 radical (unpaired) electrons. The van der Waals surface area contributed by atoms with Crippen LogP contribution in [-0.4, -0.2) is 19.6 Å². The van der Waals surface area contributed by atoms with Crippen molar-refractivity contribution in [2.45, 2.75) is 28.1 Å². The molecule has 0 aliphatic heterocycles. The van der Waals surface area contributed by atoms with E-state index in [0.29, 0.717) is 10.6 Å². The van der Waals surface area contributed by atoms with E-state index < -0.39 is 32.9 Å². The van der Waals surface area contributed by atoms with Gasteiger partial charge in [0.1, 0.15) is 0 Å². The van der Waals surface area contributed by atoms with Crippen LogP contribution in [0.4, 0.5) is 18.9 Å². The zero-order valence-corrected chi connectivity index (χ0v) is 15.1. The van der Waals surface area contributed by atoms with Gasteiger partial charge in [0.2, 0.25) is 15.9 Å². The smallest absolute Gasteiger partial charge is 0.325 e. The molecule has 0 bridgehead atoms. The highest BCUT2D eigenvalue weighted by Crippen LogP contribution is 2.33. The molecule has 0 heterocycles.